The van der Waals surface area contributed by atoms with E-state index in [0.29, 0.717) is 16.8 Å². The van der Waals surface area contributed by atoms with Crippen molar-refractivity contribution in [2.45, 2.75) is 39.3 Å². The van der Waals surface area contributed by atoms with E-state index >= 15 is 0 Å². The molecule has 7 nitrogen and oxygen atoms in total. The fraction of sp³-hybridized carbons (Fsp3) is 0.538. The molecule has 0 saturated carbocycles. The first-order valence-corrected chi connectivity index (χ1v) is 7.74. The van der Waals surface area contributed by atoms with Crippen molar-refractivity contribution in [3.8, 4) is 5.75 Å². The lowest BCUT2D eigenvalue weighted by Gasteiger charge is -2.26. The van der Waals surface area contributed by atoms with Gasteiger partial charge in [-0.3, -0.25) is 4.55 Å². The van der Waals surface area contributed by atoms with Gasteiger partial charge in [-0.15, -0.1) is 0 Å². The van der Waals surface area contributed by atoms with Gasteiger partial charge in [0, 0.05) is 16.8 Å². The van der Waals surface area contributed by atoms with Crippen molar-refractivity contribution in [2.75, 3.05) is 11.9 Å². The van der Waals surface area contributed by atoms with Crippen LogP contribution >= 0.6 is 0 Å². The second kappa shape index (κ2) is 6.61. The van der Waals surface area contributed by atoms with E-state index in [-0.39, 0.29) is 30.9 Å². The van der Waals surface area contributed by atoms with E-state index in [4.69, 9.17) is 4.55 Å². The summed E-state index contributed by atoms with van der Waals surface area (Å²) in [5.41, 5.74) is 1.20. The Labute approximate surface area is 124 Å². The molecule has 120 valence electrons. The molecule has 0 fully saturated rings. The number of aromatic hydroxyl groups is 1. The predicted octanol–water partition coefficient (Wildman–Crippen LogP) is 1.46. The lowest BCUT2D eigenvalue weighted by Crippen LogP contribution is -2.27. The molecule has 0 heterocycles. The second-order valence-electron chi connectivity index (χ2n) is 5.63. The molecule has 0 bridgehead atoms. The van der Waals surface area contributed by atoms with Gasteiger partial charge >= 0.3 is 10.4 Å². The quantitative estimate of drug-likeness (QED) is 0.586. The molecule has 8 heteroatoms. The molecule has 0 aliphatic rings. The monoisotopic (exact) mass is 319 g/mol. The third-order valence-corrected chi connectivity index (χ3v) is 3.10. The average Bonchev–Trinajstić information content (AvgIpc) is 2.29. The normalized spacial score (nSPS) is 12.4. The number of benzene rings is 1. The van der Waals surface area contributed by atoms with Crippen LogP contribution in [0.1, 0.15) is 31.9 Å². The fourth-order valence-electron chi connectivity index (χ4n) is 1.84. The zero-order chi connectivity index (χ0) is 16.3. The summed E-state index contributed by atoms with van der Waals surface area (Å²) in [6, 6.07) is 3.03. The van der Waals surface area contributed by atoms with Gasteiger partial charge in [-0.2, -0.15) is 8.42 Å². The first-order valence-electron chi connectivity index (χ1n) is 6.38. The number of hydrogen-bond acceptors (Lipinski definition) is 6. The highest BCUT2D eigenvalue weighted by Gasteiger charge is 2.18. The number of hydrogen-bond donors (Lipinski definition) is 4. The molecule has 0 amide bonds. The van der Waals surface area contributed by atoms with E-state index in [1.165, 1.54) is 6.07 Å². The molecule has 0 saturated heterocycles. The zero-order valence-electron chi connectivity index (χ0n) is 12.3. The molecule has 1 aromatic rings. The van der Waals surface area contributed by atoms with Crippen LogP contribution in [0.15, 0.2) is 12.1 Å². The molecule has 0 unspecified atom stereocenters. The van der Waals surface area contributed by atoms with Crippen LogP contribution in [0, 0.1) is 0 Å². The van der Waals surface area contributed by atoms with Crippen molar-refractivity contribution in [3.05, 3.63) is 23.3 Å². The lowest BCUT2D eigenvalue weighted by atomic mass is 10.0. The zero-order valence-corrected chi connectivity index (χ0v) is 13.1. The highest BCUT2D eigenvalue weighted by atomic mass is 32.3. The van der Waals surface area contributed by atoms with E-state index in [2.05, 4.69) is 9.50 Å². The SMILES string of the molecule is CC(C)(C)Nc1c(CCOS(=O)(=O)O)ccc(O)c1CO. The summed E-state index contributed by atoms with van der Waals surface area (Å²) in [7, 11) is -4.49. The summed E-state index contributed by atoms with van der Waals surface area (Å²) in [5.74, 6) is -0.0521. The Morgan fingerprint density at radius 1 is 1.29 bits per heavy atom. The summed E-state index contributed by atoms with van der Waals surface area (Å²) in [6.45, 7) is 5.13. The molecule has 0 radical (unpaired) electrons. The van der Waals surface area contributed by atoms with Crippen LogP contribution in [0.2, 0.25) is 0 Å². The maximum atomic E-state index is 10.6. The highest BCUT2D eigenvalue weighted by Crippen LogP contribution is 2.32. The molecule has 0 aromatic heterocycles. The van der Waals surface area contributed by atoms with E-state index in [1.807, 2.05) is 20.8 Å². The molecular formula is C13H21NO6S. The average molecular weight is 319 g/mol. The minimum atomic E-state index is -4.49. The Morgan fingerprint density at radius 3 is 2.38 bits per heavy atom. The Bertz CT molecular complexity index is 591. The van der Waals surface area contributed by atoms with Crippen LogP contribution in [0.3, 0.4) is 0 Å². The summed E-state index contributed by atoms with van der Waals surface area (Å²) >= 11 is 0. The number of anilines is 1. The molecule has 1 rings (SSSR count). The summed E-state index contributed by atoms with van der Waals surface area (Å²) < 4.78 is 33.9. The van der Waals surface area contributed by atoms with Gasteiger partial charge in [-0.1, -0.05) is 6.07 Å². The Balaban J connectivity index is 3.07. The molecule has 4 N–H and O–H groups in total. The van der Waals surface area contributed by atoms with Crippen molar-refractivity contribution < 1.29 is 27.4 Å². The van der Waals surface area contributed by atoms with Gasteiger partial charge in [-0.25, -0.2) is 4.18 Å². The van der Waals surface area contributed by atoms with E-state index in [1.54, 1.807) is 6.07 Å². The van der Waals surface area contributed by atoms with Gasteiger partial charge in [0.25, 0.3) is 0 Å². The van der Waals surface area contributed by atoms with Gasteiger partial charge in [0.05, 0.1) is 13.2 Å². The van der Waals surface area contributed by atoms with Crippen LogP contribution in [-0.2, 0) is 27.6 Å². The van der Waals surface area contributed by atoms with Crippen molar-refractivity contribution in [1.29, 1.82) is 0 Å². The van der Waals surface area contributed by atoms with Crippen LogP contribution < -0.4 is 5.32 Å². The Hall–Kier alpha value is -1.35. The van der Waals surface area contributed by atoms with Gasteiger partial charge in [0.1, 0.15) is 5.75 Å². The smallest absolute Gasteiger partial charge is 0.397 e. The van der Waals surface area contributed by atoms with Crippen molar-refractivity contribution in [3.63, 3.8) is 0 Å². The highest BCUT2D eigenvalue weighted by molar-refractivity contribution is 7.80. The summed E-state index contributed by atoms with van der Waals surface area (Å²) in [5, 5.41) is 22.4. The minimum Gasteiger partial charge on any atom is -0.508 e. The molecular weight excluding hydrogens is 298 g/mol. The number of rotatable bonds is 6. The van der Waals surface area contributed by atoms with Crippen LogP contribution in [-0.4, -0.2) is 35.3 Å². The number of phenols is 1. The van der Waals surface area contributed by atoms with Gasteiger partial charge in [0.2, 0.25) is 0 Å². The standard InChI is InChI=1S/C13H21NO6S/c1-13(2,3)14-12-9(6-7-20-21(17,18)19)4-5-11(16)10(12)8-15/h4-5,14-16H,6-8H2,1-3H3,(H,17,18,19). The fourth-order valence-corrected chi connectivity index (χ4v) is 2.14. The number of aliphatic hydroxyl groups is 1. The Kier molecular flexibility index (Phi) is 5.57. The largest absolute Gasteiger partial charge is 0.508 e. The first kappa shape index (κ1) is 17.7. The summed E-state index contributed by atoms with van der Waals surface area (Å²) in [4.78, 5) is 0. The predicted molar refractivity (Wildman–Crippen MR) is 78.6 cm³/mol. The maximum Gasteiger partial charge on any atom is 0.397 e. The molecule has 0 aliphatic carbocycles. The maximum absolute atomic E-state index is 10.6. The summed E-state index contributed by atoms with van der Waals surface area (Å²) in [6.07, 6.45) is 0.186. The van der Waals surface area contributed by atoms with Gasteiger partial charge < -0.3 is 15.5 Å². The molecule has 0 atom stereocenters. The van der Waals surface area contributed by atoms with E-state index in [0.717, 1.165) is 0 Å². The van der Waals surface area contributed by atoms with Crippen molar-refractivity contribution in [1.82, 2.24) is 0 Å². The molecule has 0 spiro atoms. The van der Waals surface area contributed by atoms with Crippen LogP contribution in [0.5, 0.6) is 5.75 Å². The van der Waals surface area contributed by atoms with Crippen LogP contribution in [0.4, 0.5) is 5.69 Å². The topological polar surface area (TPSA) is 116 Å². The van der Waals surface area contributed by atoms with Crippen molar-refractivity contribution >= 4 is 16.1 Å². The number of nitrogens with one attached hydrogen (secondary N) is 1. The third kappa shape index (κ3) is 5.88. The first-order chi connectivity index (χ1) is 9.53. The van der Waals surface area contributed by atoms with Crippen LogP contribution in [0.25, 0.3) is 0 Å². The van der Waals surface area contributed by atoms with Crippen molar-refractivity contribution in [2.24, 2.45) is 0 Å². The molecule has 21 heavy (non-hydrogen) atoms. The lowest BCUT2D eigenvalue weighted by molar-refractivity contribution is 0.269. The third-order valence-electron chi connectivity index (χ3n) is 2.64. The van der Waals surface area contributed by atoms with E-state index < -0.39 is 10.4 Å². The molecule has 0 aliphatic heterocycles. The minimum absolute atomic E-state index is 0.0521. The second-order valence-corrected chi connectivity index (χ2v) is 6.72. The number of aliphatic hydroxyl groups excluding tert-OH is 1. The van der Waals surface area contributed by atoms with Gasteiger partial charge in [0.15, 0.2) is 0 Å². The Morgan fingerprint density at radius 2 is 1.90 bits per heavy atom. The van der Waals surface area contributed by atoms with Gasteiger partial charge in [-0.05, 0) is 38.8 Å². The van der Waals surface area contributed by atoms with E-state index in [9.17, 15) is 18.6 Å². The molecule has 1 aromatic carbocycles.